The van der Waals surface area contributed by atoms with Crippen LogP contribution in [0, 0.1) is 5.82 Å². The number of hydrogen-bond acceptors (Lipinski definition) is 4. The van der Waals surface area contributed by atoms with Gasteiger partial charge in [0.2, 0.25) is 0 Å². The summed E-state index contributed by atoms with van der Waals surface area (Å²) in [5.41, 5.74) is 0.552. The first kappa shape index (κ1) is 16.5. The number of nitrogens with zero attached hydrogens (tertiary/aromatic N) is 2. The van der Waals surface area contributed by atoms with Crippen LogP contribution in [0.25, 0.3) is 0 Å². The summed E-state index contributed by atoms with van der Waals surface area (Å²) < 4.78 is 17.7. The van der Waals surface area contributed by atoms with Crippen molar-refractivity contribution in [3.63, 3.8) is 0 Å². The number of ether oxygens (including phenoxy) is 1. The Hall–Kier alpha value is -2.35. The minimum Gasteiger partial charge on any atom is -0.448 e. The van der Waals surface area contributed by atoms with E-state index in [1.54, 1.807) is 4.90 Å². The predicted octanol–water partition coefficient (Wildman–Crippen LogP) is 1.47. The van der Waals surface area contributed by atoms with Gasteiger partial charge >= 0.3 is 12.1 Å². The second-order valence-corrected chi connectivity index (χ2v) is 5.99. The third-order valence-corrected chi connectivity index (χ3v) is 4.24. The average Bonchev–Trinajstić information content (AvgIpc) is 3.16. The summed E-state index contributed by atoms with van der Waals surface area (Å²) in [6.45, 7) is 4.16. The summed E-state index contributed by atoms with van der Waals surface area (Å²) in [6, 6.07) is 5.41. The van der Waals surface area contributed by atoms with E-state index < -0.39 is 0 Å². The van der Waals surface area contributed by atoms with Crippen molar-refractivity contribution in [2.75, 3.05) is 44.6 Å². The molecule has 8 heteroatoms. The summed E-state index contributed by atoms with van der Waals surface area (Å²) >= 11 is 0. The molecule has 3 rings (SSSR count). The first-order chi connectivity index (χ1) is 11.6. The molecule has 3 amide bonds. The maximum absolute atomic E-state index is 12.8. The molecule has 0 unspecified atom stereocenters. The first-order valence-electron chi connectivity index (χ1n) is 8.07. The van der Waals surface area contributed by atoms with Gasteiger partial charge in [-0.05, 0) is 30.7 Å². The van der Waals surface area contributed by atoms with Gasteiger partial charge in [0, 0.05) is 37.9 Å². The number of urea groups is 1. The Labute approximate surface area is 139 Å². The van der Waals surface area contributed by atoms with Gasteiger partial charge < -0.3 is 20.3 Å². The summed E-state index contributed by atoms with van der Waals surface area (Å²) in [7, 11) is 0. The smallest absolute Gasteiger partial charge is 0.409 e. The molecule has 0 saturated carbocycles. The lowest BCUT2D eigenvalue weighted by Crippen LogP contribution is -2.41. The van der Waals surface area contributed by atoms with Crippen LogP contribution >= 0.6 is 0 Å². The van der Waals surface area contributed by atoms with Crippen LogP contribution < -0.4 is 10.6 Å². The van der Waals surface area contributed by atoms with E-state index in [1.165, 1.54) is 24.3 Å². The molecule has 2 heterocycles. The molecule has 2 aliphatic heterocycles. The Kier molecular flexibility index (Phi) is 5.14. The second-order valence-electron chi connectivity index (χ2n) is 5.99. The van der Waals surface area contributed by atoms with E-state index in [0.717, 1.165) is 26.1 Å². The highest BCUT2D eigenvalue weighted by Crippen LogP contribution is 2.12. The van der Waals surface area contributed by atoms with Gasteiger partial charge in [0.15, 0.2) is 0 Å². The molecule has 0 bridgehead atoms. The molecular formula is C16H21FN4O3. The molecule has 2 fully saturated rings. The van der Waals surface area contributed by atoms with Crippen molar-refractivity contribution in [2.24, 2.45) is 0 Å². The van der Waals surface area contributed by atoms with Crippen LogP contribution in [0.15, 0.2) is 24.3 Å². The highest BCUT2D eigenvalue weighted by atomic mass is 19.1. The first-order valence-corrected chi connectivity index (χ1v) is 8.07. The topological polar surface area (TPSA) is 73.9 Å². The van der Waals surface area contributed by atoms with Crippen molar-refractivity contribution in [3.05, 3.63) is 30.1 Å². The van der Waals surface area contributed by atoms with Gasteiger partial charge in [-0.1, -0.05) is 0 Å². The molecule has 24 heavy (non-hydrogen) atoms. The number of anilines is 1. The lowest BCUT2D eigenvalue weighted by molar-refractivity contribution is 0.155. The molecule has 2 N–H and O–H groups in total. The van der Waals surface area contributed by atoms with Gasteiger partial charge in [0.1, 0.15) is 12.4 Å². The summed E-state index contributed by atoms with van der Waals surface area (Å²) in [5, 5.41) is 5.61. The highest BCUT2D eigenvalue weighted by Gasteiger charge is 2.26. The Morgan fingerprint density at radius 3 is 2.75 bits per heavy atom. The van der Waals surface area contributed by atoms with Crippen molar-refractivity contribution in [1.29, 1.82) is 0 Å². The number of likely N-dealkylation sites (tertiary alicyclic amines) is 1. The normalized spacial score (nSPS) is 21.0. The van der Waals surface area contributed by atoms with Gasteiger partial charge in [-0.2, -0.15) is 0 Å². The highest BCUT2D eigenvalue weighted by molar-refractivity contribution is 5.89. The molecule has 130 valence electrons. The monoisotopic (exact) mass is 336 g/mol. The van der Waals surface area contributed by atoms with Gasteiger partial charge in [-0.25, -0.2) is 14.0 Å². The molecule has 0 aliphatic carbocycles. The fourth-order valence-electron chi connectivity index (χ4n) is 2.93. The maximum Gasteiger partial charge on any atom is 0.409 e. The van der Waals surface area contributed by atoms with Gasteiger partial charge in [-0.3, -0.25) is 4.90 Å². The van der Waals surface area contributed by atoms with Gasteiger partial charge in [0.25, 0.3) is 0 Å². The largest absolute Gasteiger partial charge is 0.448 e. The van der Waals surface area contributed by atoms with Crippen LogP contribution in [0.3, 0.4) is 0 Å². The lowest BCUT2D eigenvalue weighted by atomic mass is 10.3. The maximum atomic E-state index is 12.8. The fourth-order valence-corrected chi connectivity index (χ4v) is 2.93. The Morgan fingerprint density at radius 2 is 2.04 bits per heavy atom. The quantitative estimate of drug-likeness (QED) is 0.854. The number of carbonyl (C=O) groups is 2. The SMILES string of the molecule is O=C(Nc1ccc(F)cc1)N[C@@H]1CCN(CCN2CCOC2=O)C1. The summed E-state index contributed by atoms with van der Waals surface area (Å²) in [6.07, 6.45) is 0.615. The van der Waals surface area contributed by atoms with Gasteiger partial charge in [0.05, 0.1) is 6.54 Å². The average molecular weight is 336 g/mol. The van der Waals surface area contributed by atoms with Crippen LogP contribution in [0.2, 0.25) is 0 Å². The van der Waals surface area contributed by atoms with Crippen molar-refractivity contribution in [1.82, 2.24) is 15.1 Å². The van der Waals surface area contributed by atoms with E-state index in [2.05, 4.69) is 15.5 Å². The third kappa shape index (κ3) is 4.35. The van der Waals surface area contributed by atoms with Crippen molar-refractivity contribution >= 4 is 17.8 Å². The van der Waals surface area contributed by atoms with Crippen molar-refractivity contribution in [2.45, 2.75) is 12.5 Å². The number of amides is 3. The van der Waals surface area contributed by atoms with E-state index in [1.807, 2.05) is 0 Å². The standard InChI is InChI=1S/C16H21FN4O3/c17-12-1-3-13(4-2-12)18-15(22)19-14-5-6-20(11-14)7-8-21-9-10-24-16(21)23/h1-4,14H,5-11H2,(H2,18,19,22)/t14-/m1/s1. The van der Waals surface area contributed by atoms with E-state index in [4.69, 9.17) is 4.74 Å². The van der Waals surface area contributed by atoms with E-state index >= 15 is 0 Å². The fraction of sp³-hybridized carbons (Fsp3) is 0.500. The van der Waals surface area contributed by atoms with Gasteiger partial charge in [-0.15, -0.1) is 0 Å². The van der Waals surface area contributed by atoms with E-state index in [9.17, 15) is 14.0 Å². The third-order valence-electron chi connectivity index (χ3n) is 4.24. The van der Waals surface area contributed by atoms with Crippen LogP contribution in [0.4, 0.5) is 19.7 Å². The zero-order valence-electron chi connectivity index (χ0n) is 13.3. The zero-order chi connectivity index (χ0) is 16.9. The number of carbonyl (C=O) groups excluding carboxylic acids is 2. The molecule has 1 atom stereocenters. The molecule has 1 aromatic rings. The van der Waals surface area contributed by atoms with Crippen LogP contribution in [0.1, 0.15) is 6.42 Å². The molecular weight excluding hydrogens is 315 g/mol. The minimum atomic E-state index is -0.339. The molecule has 2 saturated heterocycles. The Morgan fingerprint density at radius 1 is 1.25 bits per heavy atom. The molecule has 7 nitrogen and oxygen atoms in total. The van der Waals surface area contributed by atoms with Crippen molar-refractivity contribution < 1.29 is 18.7 Å². The predicted molar refractivity (Wildman–Crippen MR) is 86.3 cm³/mol. The second kappa shape index (κ2) is 7.48. The number of halogens is 1. The number of benzene rings is 1. The lowest BCUT2D eigenvalue weighted by Gasteiger charge is -2.20. The molecule has 0 aromatic heterocycles. The molecule has 2 aliphatic rings. The minimum absolute atomic E-state index is 0.0657. The van der Waals surface area contributed by atoms with E-state index in [0.29, 0.717) is 25.4 Å². The van der Waals surface area contributed by atoms with Crippen LogP contribution in [0.5, 0.6) is 0 Å². The van der Waals surface area contributed by atoms with Crippen LogP contribution in [-0.2, 0) is 4.74 Å². The number of rotatable bonds is 5. The number of hydrogen-bond donors (Lipinski definition) is 2. The van der Waals surface area contributed by atoms with Crippen LogP contribution in [-0.4, -0.2) is 67.3 Å². The Balaban J connectivity index is 1.38. The zero-order valence-corrected chi connectivity index (χ0v) is 13.3. The summed E-state index contributed by atoms with van der Waals surface area (Å²) in [5.74, 6) is -0.339. The summed E-state index contributed by atoms with van der Waals surface area (Å²) in [4.78, 5) is 27.3. The molecule has 1 aromatic carbocycles. The Bertz CT molecular complexity index is 595. The molecule has 0 radical (unpaired) electrons. The van der Waals surface area contributed by atoms with Crippen molar-refractivity contribution in [3.8, 4) is 0 Å². The number of nitrogens with one attached hydrogen (secondary N) is 2. The number of cyclic esters (lactones) is 1. The molecule has 0 spiro atoms. The van der Waals surface area contributed by atoms with E-state index in [-0.39, 0.29) is 24.0 Å².